The van der Waals surface area contributed by atoms with E-state index in [4.69, 9.17) is 0 Å². The Hall–Kier alpha value is -0.0800. The highest BCUT2D eigenvalue weighted by atomic mass is 15.1. The molecule has 1 N–H and O–H groups in total. The average molecular weight is 252 g/mol. The predicted molar refractivity (Wildman–Crippen MR) is 78.9 cm³/mol. The largest absolute Gasteiger partial charge is 0.313 e. The van der Waals surface area contributed by atoms with Gasteiger partial charge in [0.15, 0.2) is 0 Å². The first-order valence-electron chi connectivity index (χ1n) is 8.11. The number of hydrogen-bond acceptors (Lipinski definition) is 2. The smallest absolute Gasteiger partial charge is 0.00684 e. The lowest BCUT2D eigenvalue weighted by molar-refractivity contribution is 0.113. The molecule has 2 heteroatoms. The predicted octanol–water partition coefficient (Wildman–Crippen LogP) is 3.28. The van der Waals surface area contributed by atoms with E-state index in [1.54, 1.807) is 0 Å². The maximum atomic E-state index is 3.73. The summed E-state index contributed by atoms with van der Waals surface area (Å²) in [6.07, 6.45) is 8.32. The molecule has 1 saturated heterocycles. The van der Waals surface area contributed by atoms with Gasteiger partial charge in [0.1, 0.15) is 0 Å². The van der Waals surface area contributed by atoms with E-state index in [-0.39, 0.29) is 0 Å². The van der Waals surface area contributed by atoms with Gasteiger partial charge in [0.05, 0.1) is 0 Å². The quantitative estimate of drug-likeness (QED) is 0.748. The second kappa shape index (κ2) is 6.38. The van der Waals surface area contributed by atoms with Crippen LogP contribution in [0.4, 0.5) is 0 Å². The van der Waals surface area contributed by atoms with E-state index in [0.717, 1.165) is 12.0 Å². The Labute approximate surface area is 114 Å². The molecule has 18 heavy (non-hydrogen) atoms. The first kappa shape index (κ1) is 14.3. The van der Waals surface area contributed by atoms with Gasteiger partial charge in [0.25, 0.3) is 0 Å². The Morgan fingerprint density at radius 2 is 1.78 bits per heavy atom. The molecule has 0 radical (unpaired) electrons. The van der Waals surface area contributed by atoms with Gasteiger partial charge < -0.3 is 10.2 Å². The highest BCUT2D eigenvalue weighted by Crippen LogP contribution is 2.28. The molecule has 1 atom stereocenters. The second-order valence-electron chi connectivity index (χ2n) is 6.95. The lowest BCUT2D eigenvalue weighted by Gasteiger charge is -2.39. The van der Waals surface area contributed by atoms with Crippen molar-refractivity contribution in [3.63, 3.8) is 0 Å². The number of hydrogen-bond donors (Lipinski definition) is 1. The van der Waals surface area contributed by atoms with Crippen molar-refractivity contribution < 1.29 is 0 Å². The molecule has 0 aromatic carbocycles. The fourth-order valence-electron chi connectivity index (χ4n) is 3.06. The van der Waals surface area contributed by atoms with Crippen LogP contribution >= 0.6 is 0 Å². The van der Waals surface area contributed by atoms with Crippen LogP contribution in [0.1, 0.15) is 59.3 Å². The molecule has 2 nitrogen and oxygen atoms in total. The van der Waals surface area contributed by atoms with Crippen LogP contribution in [0.5, 0.6) is 0 Å². The summed E-state index contributed by atoms with van der Waals surface area (Å²) in [5, 5.41) is 3.73. The monoisotopic (exact) mass is 252 g/mol. The van der Waals surface area contributed by atoms with Crippen molar-refractivity contribution >= 4 is 0 Å². The van der Waals surface area contributed by atoms with E-state index < -0.39 is 0 Å². The van der Waals surface area contributed by atoms with Crippen LogP contribution in [-0.4, -0.2) is 37.1 Å². The van der Waals surface area contributed by atoms with Crippen molar-refractivity contribution in [3.8, 4) is 0 Å². The molecule has 0 aromatic rings. The van der Waals surface area contributed by atoms with Crippen LogP contribution < -0.4 is 5.32 Å². The topological polar surface area (TPSA) is 15.3 Å². The highest BCUT2D eigenvalue weighted by molar-refractivity contribution is 4.87. The standard InChI is InChI=1S/C16H32N2/c1-4-14-8-10-18(11-9-14)13-16(3,5-2)12-17-15-6-7-15/h14-15,17H,4-13H2,1-3H3. The Bertz CT molecular complexity index is 241. The van der Waals surface area contributed by atoms with Crippen LogP contribution in [0.3, 0.4) is 0 Å². The summed E-state index contributed by atoms with van der Waals surface area (Å²) in [7, 11) is 0. The van der Waals surface area contributed by atoms with E-state index in [1.165, 1.54) is 64.7 Å². The summed E-state index contributed by atoms with van der Waals surface area (Å²) in [6.45, 7) is 12.3. The zero-order chi connectivity index (χ0) is 13.0. The minimum atomic E-state index is 0.474. The molecule has 2 fully saturated rings. The normalized spacial score (nSPS) is 26.2. The van der Waals surface area contributed by atoms with Gasteiger partial charge in [-0.05, 0) is 56.5 Å². The van der Waals surface area contributed by atoms with Gasteiger partial charge in [-0.15, -0.1) is 0 Å². The summed E-state index contributed by atoms with van der Waals surface area (Å²) in [5.74, 6) is 0.999. The van der Waals surface area contributed by atoms with Gasteiger partial charge in [-0.1, -0.05) is 27.2 Å². The molecule has 0 bridgehead atoms. The molecule has 1 aliphatic heterocycles. The molecule has 1 aliphatic carbocycles. The van der Waals surface area contributed by atoms with Crippen LogP contribution in [0.25, 0.3) is 0 Å². The van der Waals surface area contributed by atoms with Crippen molar-refractivity contribution in [1.29, 1.82) is 0 Å². The minimum absolute atomic E-state index is 0.474. The van der Waals surface area contributed by atoms with Crippen molar-refractivity contribution in [2.24, 2.45) is 11.3 Å². The third-order valence-electron chi connectivity index (χ3n) is 5.14. The van der Waals surface area contributed by atoms with Gasteiger partial charge in [-0.25, -0.2) is 0 Å². The Morgan fingerprint density at radius 1 is 1.11 bits per heavy atom. The molecule has 2 aliphatic rings. The minimum Gasteiger partial charge on any atom is -0.313 e. The molecule has 1 saturated carbocycles. The fourth-order valence-corrected chi connectivity index (χ4v) is 3.06. The number of nitrogens with one attached hydrogen (secondary N) is 1. The van der Waals surface area contributed by atoms with Gasteiger partial charge in [-0.3, -0.25) is 0 Å². The van der Waals surface area contributed by atoms with E-state index in [1.807, 2.05) is 0 Å². The fraction of sp³-hybridized carbons (Fsp3) is 1.00. The molecule has 0 aromatic heterocycles. The van der Waals surface area contributed by atoms with Crippen molar-refractivity contribution in [1.82, 2.24) is 10.2 Å². The maximum Gasteiger partial charge on any atom is 0.00684 e. The summed E-state index contributed by atoms with van der Waals surface area (Å²) in [4.78, 5) is 2.71. The van der Waals surface area contributed by atoms with Gasteiger partial charge in [0, 0.05) is 19.1 Å². The van der Waals surface area contributed by atoms with Crippen molar-refractivity contribution in [2.45, 2.75) is 65.3 Å². The summed E-state index contributed by atoms with van der Waals surface area (Å²) >= 11 is 0. The average Bonchev–Trinajstić information content (AvgIpc) is 3.21. The molecular weight excluding hydrogens is 220 g/mol. The Balaban J connectivity index is 1.74. The number of rotatable bonds is 7. The third-order valence-corrected chi connectivity index (χ3v) is 5.14. The lowest BCUT2D eigenvalue weighted by Crippen LogP contribution is -2.45. The zero-order valence-corrected chi connectivity index (χ0v) is 12.7. The van der Waals surface area contributed by atoms with Crippen LogP contribution in [0, 0.1) is 11.3 Å². The summed E-state index contributed by atoms with van der Waals surface area (Å²) < 4.78 is 0. The number of likely N-dealkylation sites (tertiary alicyclic amines) is 1. The third kappa shape index (κ3) is 4.24. The van der Waals surface area contributed by atoms with E-state index in [2.05, 4.69) is 31.0 Å². The Kier molecular flexibility index (Phi) is 5.08. The lowest BCUT2D eigenvalue weighted by atomic mass is 9.85. The van der Waals surface area contributed by atoms with E-state index in [9.17, 15) is 0 Å². The molecule has 0 amide bonds. The molecule has 1 unspecified atom stereocenters. The van der Waals surface area contributed by atoms with E-state index >= 15 is 0 Å². The van der Waals surface area contributed by atoms with Gasteiger partial charge >= 0.3 is 0 Å². The summed E-state index contributed by atoms with van der Waals surface area (Å²) in [5.41, 5.74) is 0.474. The van der Waals surface area contributed by atoms with E-state index in [0.29, 0.717) is 5.41 Å². The number of nitrogens with zero attached hydrogens (tertiary/aromatic N) is 1. The maximum absolute atomic E-state index is 3.73. The van der Waals surface area contributed by atoms with Crippen molar-refractivity contribution in [3.05, 3.63) is 0 Å². The van der Waals surface area contributed by atoms with Crippen LogP contribution in [0.15, 0.2) is 0 Å². The highest BCUT2D eigenvalue weighted by Gasteiger charge is 2.30. The SMILES string of the molecule is CCC1CCN(CC(C)(CC)CNC2CC2)CC1. The molecule has 2 rings (SSSR count). The zero-order valence-electron chi connectivity index (χ0n) is 12.7. The number of piperidine rings is 1. The first-order valence-corrected chi connectivity index (χ1v) is 8.11. The molecule has 106 valence electrons. The second-order valence-corrected chi connectivity index (χ2v) is 6.95. The molecular formula is C16H32N2. The summed E-state index contributed by atoms with van der Waals surface area (Å²) in [6, 6.07) is 0.849. The Morgan fingerprint density at radius 3 is 2.28 bits per heavy atom. The van der Waals surface area contributed by atoms with Crippen molar-refractivity contribution in [2.75, 3.05) is 26.2 Å². The van der Waals surface area contributed by atoms with Gasteiger partial charge in [-0.2, -0.15) is 0 Å². The molecule has 1 heterocycles. The van der Waals surface area contributed by atoms with Gasteiger partial charge in [0.2, 0.25) is 0 Å². The van der Waals surface area contributed by atoms with Crippen LogP contribution in [-0.2, 0) is 0 Å². The first-order chi connectivity index (χ1) is 8.65. The molecule has 0 spiro atoms. The van der Waals surface area contributed by atoms with Crippen LogP contribution in [0.2, 0.25) is 0 Å².